The zero-order valence-corrected chi connectivity index (χ0v) is 15.2. The van der Waals surface area contributed by atoms with E-state index in [1.807, 2.05) is 31.2 Å². The zero-order valence-electron chi connectivity index (χ0n) is 13.5. The molecule has 1 aliphatic rings. The first kappa shape index (κ1) is 17.8. The molecule has 1 heterocycles. The van der Waals surface area contributed by atoms with Crippen LogP contribution >= 0.6 is 0 Å². The van der Waals surface area contributed by atoms with Crippen LogP contribution in [-0.4, -0.2) is 56.5 Å². The number of nitrogens with zero attached hydrogens (tertiary/aromatic N) is 1. The third-order valence-corrected chi connectivity index (χ3v) is 6.71. The summed E-state index contributed by atoms with van der Waals surface area (Å²) in [6, 6.07) is 7.37. The summed E-state index contributed by atoms with van der Waals surface area (Å²) >= 11 is 0.322. The van der Waals surface area contributed by atoms with Gasteiger partial charge in [-0.25, -0.2) is 0 Å². The van der Waals surface area contributed by atoms with E-state index < -0.39 is 12.0 Å². The molecule has 126 valence electrons. The predicted molar refractivity (Wildman–Crippen MR) is 88.8 cm³/mol. The summed E-state index contributed by atoms with van der Waals surface area (Å²) in [7, 11) is 1.65. The maximum atomic E-state index is 12.4. The molecular weight excluding hydrogens is 361 g/mol. The number of carbonyl (C=O) groups excluding carboxylic acids is 1. The second-order valence-corrected chi connectivity index (χ2v) is 7.95. The van der Waals surface area contributed by atoms with Crippen LogP contribution in [0.25, 0.3) is 0 Å². The number of aliphatic carboxylic acids is 1. The molecule has 0 spiro atoms. The van der Waals surface area contributed by atoms with Gasteiger partial charge in [0.15, 0.2) is 0 Å². The van der Waals surface area contributed by atoms with Crippen molar-refractivity contribution in [1.82, 2.24) is 4.90 Å². The SMILES string of the molecule is COc1ccc(C[Se]C[C@@H](C)C(=O)N2CCC[C@H]2C(=O)O)cc1. The molecule has 1 aliphatic heterocycles. The van der Waals surface area contributed by atoms with Gasteiger partial charge in [-0.3, -0.25) is 0 Å². The Morgan fingerprint density at radius 3 is 2.70 bits per heavy atom. The van der Waals surface area contributed by atoms with Crippen molar-refractivity contribution in [3.05, 3.63) is 29.8 Å². The fourth-order valence-corrected chi connectivity index (χ4v) is 4.90. The number of carboxylic acids is 1. The fourth-order valence-electron chi connectivity index (χ4n) is 2.72. The molecule has 1 aromatic carbocycles. The Bertz CT molecular complexity index is 546. The second kappa shape index (κ2) is 8.36. The van der Waals surface area contributed by atoms with Crippen LogP contribution in [0.3, 0.4) is 0 Å². The summed E-state index contributed by atoms with van der Waals surface area (Å²) < 4.78 is 5.14. The van der Waals surface area contributed by atoms with Crippen molar-refractivity contribution in [2.45, 2.75) is 36.4 Å². The molecule has 0 unspecified atom stereocenters. The van der Waals surface area contributed by atoms with Crippen LogP contribution in [0, 0.1) is 5.92 Å². The summed E-state index contributed by atoms with van der Waals surface area (Å²) in [5, 5.41) is 11.0. The Hall–Kier alpha value is -1.52. The molecular formula is C17H23NO4Se. The Balaban J connectivity index is 1.80. The number of likely N-dealkylation sites (tertiary alicyclic amines) is 1. The van der Waals surface area contributed by atoms with Gasteiger partial charge in [0.2, 0.25) is 0 Å². The molecule has 23 heavy (non-hydrogen) atoms. The van der Waals surface area contributed by atoms with Crippen molar-refractivity contribution >= 4 is 26.8 Å². The average Bonchev–Trinajstić information content (AvgIpc) is 3.04. The number of carbonyl (C=O) groups is 2. The van der Waals surface area contributed by atoms with E-state index in [-0.39, 0.29) is 11.8 Å². The molecule has 1 saturated heterocycles. The molecule has 6 heteroatoms. The van der Waals surface area contributed by atoms with Crippen molar-refractivity contribution in [3.63, 3.8) is 0 Å². The summed E-state index contributed by atoms with van der Waals surface area (Å²) in [5.41, 5.74) is 1.25. The van der Waals surface area contributed by atoms with E-state index in [0.717, 1.165) is 22.8 Å². The molecule has 1 N–H and O–H groups in total. The second-order valence-electron chi connectivity index (χ2n) is 5.79. The summed E-state index contributed by atoms with van der Waals surface area (Å²) in [5.74, 6) is -0.148. The van der Waals surface area contributed by atoms with Crippen LogP contribution < -0.4 is 4.74 Å². The number of carboxylic acid groups (broad SMARTS) is 1. The first-order valence-electron chi connectivity index (χ1n) is 7.77. The molecule has 0 bridgehead atoms. The molecule has 1 fully saturated rings. The number of ether oxygens (including phenoxy) is 1. The Morgan fingerprint density at radius 1 is 1.39 bits per heavy atom. The van der Waals surface area contributed by atoms with Gasteiger partial charge in [0, 0.05) is 0 Å². The third kappa shape index (κ3) is 4.72. The number of amides is 1. The van der Waals surface area contributed by atoms with Crippen LogP contribution in [0.5, 0.6) is 5.75 Å². The van der Waals surface area contributed by atoms with Crippen LogP contribution in [0.2, 0.25) is 5.32 Å². The first-order valence-corrected chi connectivity index (χ1v) is 10.2. The van der Waals surface area contributed by atoms with E-state index in [9.17, 15) is 14.7 Å². The monoisotopic (exact) mass is 385 g/mol. The summed E-state index contributed by atoms with van der Waals surface area (Å²) in [4.78, 5) is 25.2. The topological polar surface area (TPSA) is 66.8 Å². The van der Waals surface area contributed by atoms with Gasteiger partial charge in [0.1, 0.15) is 0 Å². The van der Waals surface area contributed by atoms with Gasteiger partial charge in [-0.15, -0.1) is 0 Å². The number of benzene rings is 1. The first-order chi connectivity index (χ1) is 11.0. The molecule has 2 rings (SSSR count). The van der Waals surface area contributed by atoms with Crippen LogP contribution in [0.1, 0.15) is 25.3 Å². The zero-order chi connectivity index (χ0) is 16.8. The molecule has 1 amide bonds. The Kier molecular flexibility index (Phi) is 6.48. The normalized spacial score (nSPS) is 18.7. The van der Waals surface area contributed by atoms with E-state index in [2.05, 4.69) is 0 Å². The predicted octanol–water partition coefficient (Wildman–Crippen LogP) is 2.03. The van der Waals surface area contributed by atoms with Crippen molar-refractivity contribution in [3.8, 4) is 5.75 Å². The van der Waals surface area contributed by atoms with E-state index in [1.54, 1.807) is 12.0 Å². The third-order valence-electron chi connectivity index (χ3n) is 4.04. The van der Waals surface area contributed by atoms with Gasteiger partial charge >= 0.3 is 143 Å². The van der Waals surface area contributed by atoms with Crippen molar-refractivity contribution in [2.24, 2.45) is 5.92 Å². The van der Waals surface area contributed by atoms with Crippen molar-refractivity contribution in [1.29, 1.82) is 0 Å². The van der Waals surface area contributed by atoms with E-state index in [4.69, 9.17) is 4.74 Å². The van der Waals surface area contributed by atoms with Crippen LogP contribution in [-0.2, 0) is 14.9 Å². The van der Waals surface area contributed by atoms with Gasteiger partial charge in [0.05, 0.1) is 0 Å². The van der Waals surface area contributed by atoms with E-state index in [0.29, 0.717) is 27.9 Å². The number of rotatable bonds is 7. The van der Waals surface area contributed by atoms with Crippen LogP contribution in [0.15, 0.2) is 24.3 Å². The molecule has 0 aliphatic carbocycles. The summed E-state index contributed by atoms with van der Waals surface area (Å²) in [6.07, 6.45) is 1.36. The van der Waals surface area contributed by atoms with Gasteiger partial charge in [-0.2, -0.15) is 0 Å². The summed E-state index contributed by atoms with van der Waals surface area (Å²) in [6.45, 7) is 2.49. The number of hydrogen-bond donors (Lipinski definition) is 1. The van der Waals surface area contributed by atoms with E-state index in [1.165, 1.54) is 5.56 Å². The van der Waals surface area contributed by atoms with Gasteiger partial charge in [0.25, 0.3) is 0 Å². The minimum absolute atomic E-state index is 0.00786. The minimum atomic E-state index is -0.883. The van der Waals surface area contributed by atoms with Gasteiger partial charge in [-0.05, 0) is 0 Å². The van der Waals surface area contributed by atoms with Gasteiger partial charge in [-0.1, -0.05) is 0 Å². The Morgan fingerprint density at radius 2 is 2.09 bits per heavy atom. The molecule has 0 saturated carbocycles. The molecule has 1 aromatic rings. The molecule has 5 nitrogen and oxygen atoms in total. The quantitative estimate of drug-likeness (QED) is 0.731. The fraction of sp³-hybridized carbons (Fsp3) is 0.529. The van der Waals surface area contributed by atoms with Crippen LogP contribution in [0.4, 0.5) is 0 Å². The maximum absolute atomic E-state index is 12.4. The molecule has 0 radical (unpaired) electrons. The van der Waals surface area contributed by atoms with Crippen molar-refractivity contribution < 1.29 is 19.4 Å². The van der Waals surface area contributed by atoms with E-state index >= 15 is 0 Å². The van der Waals surface area contributed by atoms with Crippen molar-refractivity contribution in [2.75, 3.05) is 13.7 Å². The van der Waals surface area contributed by atoms with Gasteiger partial charge < -0.3 is 0 Å². The molecule has 0 aromatic heterocycles. The molecule has 2 atom stereocenters. The standard InChI is InChI=1S/C17H23NO4Se/c1-12(16(19)18-9-3-4-15(18)17(20)21)10-23-11-13-5-7-14(22-2)8-6-13/h5-8,12,15H,3-4,9-11H2,1-2H3,(H,20,21)/t12-,15+/m1/s1. The number of methoxy groups -OCH3 is 1. The Labute approximate surface area is 143 Å². The average molecular weight is 384 g/mol. The number of hydrogen-bond acceptors (Lipinski definition) is 3.